The summed E-state index contributed by atoms with van der Waals surface area (Å²) in [4.78, 5) is 11.3. The summed E-state index contributed by atoms with van der Waals surface area (Å²) in [7, 11) is 0. The second-order valence-electron chi connectivity index (χ2n) is 4.89. The molecule has 6 heteroatoms. The number of hydrogen-bond acceptors (Lipinski definition) is 4. The number of carbonyl (C=O) groups excluding carboxylic acids is 1. The van der Waals surface area contributed by atoms with Crippen molar-refractivity contribution in [2.75, 3.05) is 13.1 Å². The van der Waals surface area contributed by atoms with Crippen LogP contribution in [-0.2, 0) is 4.74 Å². The summed E-state index contributed by atoms with van der Waals surface area (Å²) in [6, 6.07) is -0.353. The molecule has 1 heterocycles. The molecule has 2 atom stereocenters. The molecule has 1 saturated heterocycles. The lowest BCUT2D eigenvalue weighted by Gasteiger charge is -2.28. The number of halogens is 1. The fourth-order valence-electron chi connectivity index (χ4n) is 1.44. The van der Waals surface area contributed by atoms with Crippen LogP contribution in [0.25, 0.3) is 0 Å². The maximum absolute atomic E-state index is 13.3. The molecule has 16 heavy (non-hydrogen) atoms. The molecule has 0 aromatic rings. The van der Waals surface area contributed by atoms with Crippen molar-refractivity contribution in [2.45, 2.75) is 45.0 Å². The average Bonchev–Trinajstić information content (AvgIpc) is 2.14. The molecule has 0 aromatic heterocycles. The third-order valence-corrected chi connectivity index (χ3v) is 2.17. The first-order valence-electron chi connectivity index (χ1n) is 5.48. The van der Waals surface area contributed by atoms with Crippen molar-refractivity contribution in [3.63, 3.8) is 0 Å². The van der Waals surface area contributed by atoms with Gasteiger partial charge in [0, 0.05) is 6.54 Å². The SMILES string of the molecule is CC(C)(C)OC(=O)NNC1CCNCC1F. The van der Waals surface area contributed by atoms with E-state index >= 15 is 0 Å². The Morgan fingerprint density at radius 1 is 1.50 bits per heavy atom. The first kappa shape index (κ1) is 13.2. The smallest absolute Gasteiger partial charge is 0.422 e. The fourth-order valence-corrected chi connectivity index (χ4v) is 1.44. The minimum absolute atomic E-state index is 0.313. The Hall–Kier alpha value is -0.880. The monoisotopic (exact) mass is 233 g/mol. The number of piperidine rings is 1. The van der Waals surface area contributed by atoms with E-state index in [1.54, 1.807) is 20.8 Å². The van der Waals surface area contributed by atoms with Gasteiger partial charge in [-0.15, -0.1) is 0 Å². The van der Waals surface area contributed by atoms with Gasteiger partial charge in [-0.25, -0.2) is 14.6 Å². The minimum Gasteiger partial charge on any atom is -0.443 e. The third-order valence-electron chi connectivity index (χ3n) is 2.17. The zero-order chi connectivity index (χ0) is 12.2. The van der Waals surface area contributed by atoms with Gasteiger partial charge in [-0.1, -0.05) is 0 Å². The standard InChI is InChI=1S/C10H20FN3O2/c1-10(2,3)16-9(15)14-13-8-4-5-12-6-7(8)11/h7-8,12-13H,4-6H2,1-3H3,(H,14,15). The van der Waals surface area contributed by atoms with Crippen LogP contribution in [0.5, 0.6) is 0 Å². The number of hydrogen-bond donors (Lipinski definition) is 3. The topological polar surface area (TPSA) is 62.4 Å². The lowest BCUT2D eigenvalue weighted by molar-refractivity contribution is 0.0467. The predicted octanol–water partition coefficient (Wildman–Crippen LogP) is 0.716. The van der Waals surface area contributed by atoms with Crippen molar-refractivity contribution >= 4 is 6.09 Å². The van der Waals surface area contributed by atoms with Crippen molar-refractivity contribution in [1.82, 2.24) is 16.2 Å². The van der Waals surface area contributed by atoms with Gasteiger partial charge in [-0.2, -0.15) is 0 Å². The molecule has 0 radical (unpaired) electrons. The second-order valence-corrected chi connectivity index (χ2v) is 4.89. The molecule has 5 nitrogen and oxygen atoms in total. The van der Waals surface area contributed by atoms with Crippen LogP contribution < -0.4 is 16.2 Å². The number of nitrogens with one attached hydrogen (secondary N) is 3. The molecule has 3 N–H and O–H groups in total. The number of ether oxygens (including phenoxy) is 1. The first-order chi connectivity index (χ1) is 7.38. The second kappa shape index (κ2) is 5.45. The zero-order valence-electron chi connectivity index (χ0n) is 9.97. The summed E-state index contributed by atoms with van der Waals surface area (Å²) in [5, 5.41) is 2.93. The molecule has 1 aliphatic heterocycles. The van der Waals surface area contributed by atoms with Crippen LogP contribution in [0.3, 0.4) is 0 Å². The molecule has 1 fully saturated rings. The van der Waals surface area contributed by atoms with Crippen LogP contribution in [0.1, 0.15) is 27.2 Å². The summed E-state index contributed by atoms with van der Waals surface area (Å²) in [5.41, 5.74) is 4.47. The van der Waals surface area contributed by atoms with Gasteiger partial charge in [0.2, 0.25) is 0 Å². The highest BCUT2D eigenvalue weighted by Gasteiger charge is 2.25. The van der Waals surface area contributed by atoms with E-state index in [9.17, 15) is 9.18 Å². The molecule has 0 saturated carbocycles. The van der Waals surface area contributed by atoms with Gasteiger partial charge in [0.15, 0.2) is 0 Å². The van der Waals surface area contributed by atoms with Crippen LogP contribution in [0.4, 0.5) is 9.18 Å². The lowest BCUT2D eigenvalue weighted by Crippen LogP contribution is -2.55. The lowest BCUT2D eigenvalue weighted by atomic mass is 10.1. The normalized spacial score (nSPS) is 26.2. The molecular weight excluding hydrogens is 213 g/mol. The van der Waals surface area contributed by atoms with Crippen molar-refractivity contribution < 1.29 is 13.9 Å². The van der Waals surface area contributed by atoms with E-state index in [1.165, 1.54) is 0 Å². The molecule has 0 aromatic carbocycles. The van der Waals surface area contributed by atoms with Crippen LogP contribution in [0.2, 0.25) is 0 Å². The largest absolute Gasteiger partial charge is 0.443 e. The van der Waals surface area contributed by atoms with Crippen LogP contribution in [0, 0.1) is 0 Å². The highest BCUT2D eigenvalue weighted by Crippen LogP contribution is 2.08. The maximum atomic E-state index is 13.3. The molecule has 94 valence electrons. The molecule has 1 rings (SSSR count). The van der Waals surface area contributed by atoms with Crippen molar-refractivity contribution in [2.24, 2.45) is 0 Å². The van der Waals surface area contributed by atoms with E-state index in [1.807, 2.05) is 0 Å². The maximum Gasteiger partial charge on any atom is 0.422 e. The van der Waals surface area contributed by atoms with Crippen LogP contribution in [0.15, 0.2) is 0 Å². The number of rotatable bonds is 2. The molecule has 0 bridgehead atoms. The van der Waals surface area contributed by atoms with E-state index in [0.29, 0.717) is 13.0 Å². The Morgan fingerprint density at radius 3 is 2.75 bits per heavy atom. The molecule has 0 aliphatic carbocycles. The van der Waals surface area contributed by atoms with Crippen molar-refractivity contribution in [3.8, 4) is 0 Å². The van der Waals surface area contributed by atoms with Crippen LogP contribution in [-0.4, -0.2) is 37.0 Å². The number of carbonyl (C=O) groups is 1. The van der Waals surface area contributed by atoms with E-state index in [4.69, 9.17) is 4.74 Å². The summed E-state index contributed by atoms with van der Waals surface area (Å²) < 4.78 is 18.3. The van der Waals surface area contributed by atoms with Gasteiger partial charge in [0.25, 0.3) is 0 Å². The summed E-state index contributed by atoms with van der Waals surface area (Å²) >= 11 is 0. The third kappa shape index (κ3) is 4.76. The van der Waals surface area contributed by atoms with Gasteiger partial charge in [0.1, 0.15) is 11.8 Å². The van der Waals surface area contributed by atoms with Crippen molar-refractivity contribution in [1.29, 1.82) is 0 Å². The van der Waals surface area contributed by atoms with Gasteiger partial charge in [-0.05, 0) is 33.7 Å². The van der Waals surface area contributed by atoms with Crippen LogP contribution >= 0.6 is 0 Å². The number of hydrazine groups is 1. The zero-order valence-corrected chi connectivity index (χ0v) is 9.97. The van der Waals surface area contributed by atoms with E-state index in [0.717, 1.165) is 6.54 Å². The van der Waals surface area contributed by atoms with Gasteiger partial charge >= 0.3 is 6.09 Å². The average molecular weight is 233 g/mol. The Morgan fingerprint density at radius 2 is 2.19 bits per heavy atom. The summed E-state index contributed by atoms with van der Waals surface area (Å²) in [5.74, 6) is 0. The molecule has 0 spiro atoms. The number of alkyl halides is 1. The molecule has 1 amide bonds. The Kier molecular flexibility index (Phi) is 4.49. The quantitative estimate of drug-likeness (QED) is 0.615. The highest BCUT2D eigenvalue weighted by atomic mass is 19.1. The minimum atomic E-state index is -0.997. The number of amides is 1. The summed E-state index contributed by atoms with van der Waals surface area (Å²) in [6.45, 7) is 6.38. The Labute approximate surface area is 95.1 Å². The van der Waals surface area contributed by atoms with E-state index in [2.05, 4.69) is 16.2 Å². The van der Waals surface area contributed by atoms with Gasteiger partial charge < -0.3 is 10.1 Å². The van der Waals surface area contributed by atoms with Crippen molar-refractivity contribution in [3.05, 3.63) is 0 Å². The molecular formula is C10H20FN3O2. The van der Waals surface area contributed by atoms with E-state index in [-0.39, 0.29) is 6.04 Å². The predicted molar refractivity (Wildman–Crippen MR) is 58.7 cm³/mol. The Bertz CT molecular complexity index is 243. The molecule has 1 aliphatic rings. The summed E-state index contributed by atoms with van der Waals surface area (Å²) in [6.07, 6.45) is -0.946. The highest BCUT2D eigenvalue weighted by molar-refractivity contribution is 5.67. The first-order valence-corrected chi connectivity index (χ1v) is 5.48. The fraction of sp³-hybridized carbons (Fsp3) is 0.900. The Balaban J connectivity index is 2.25. The van der Waals surface area contributed by atoms with Gasteiger partial charge in [-0.3, -0.25) is 5.43 Å². The van der Waals surface area contributed by atoms with E-state index < -0.39 is 17.9 Å². The van der Waals surface area contributed by atoms with Gasteiger partial charge in [0.05, 0.1) is 6.04 Å². The molecule has 2 unspecified atom stereocenters.